The maximum absolute atomic E-state index is 5.63. The summed E-state index contributed by atoms with van der Waals surface area (Å²) >= 11 is 0. The molecule has 3 nitrogen and oxygen atoms in total. The van der Waals surface area contributed by atoms with Crippen LogP contribution in [0.25, 0.3) is 0 Å². The monoisotopic (exact) mass is 224 g/mol. The normalized spacial score (nSPS) is 10.6. The number of aryl methyl sites for hydroxylation is 1. The minimum absolute atomic E-state index is 0.821. The SMILES string of the molecule is CCCCCCCOc1cnn(CCC)c1. The summed E-state index contributed by atoms with van der Waals surface area (Å²) in [6.07, 6.45) is 11.3. The summed E-state index contributed by atoms with van der Waals surface area (Å²) in [6, 6.07) is 0. The molecule has 0 radical (unpaired) electrons. The van der Waals surface area contributed by atoms with Gasteiger partial charge >= 0.3 is 0 Å². The van der Waals surface area contributed by atoms with E-state index in [1.54, 1.807) is 0 Å². The topological polar surface area (TPSA) is 27.1 Å². The molecule has 0 spiro atoms. The van der Waals surface area contributed by atoms with Gasteiger partial charge in [-0.1, -0.05) is 39.5 Å². The van der Waals surface area contributed by atoms with Crippen LogP contribution in [0.15, 0.2) is 12.4 Å². The number of ether oxygens (including phenoxy) is 1. The van der Waals surface area contributed by atoms with Crippen molar-refractivity contribution in [1.29, 1.82) is 0 Å². The molecule has 92 valence electrons. The lowest BCUT2D eigenvalue weighted by atomic mass is 10.2. The van der Waals surface area contributed by atoms with Crippen molar-refractivity contribution in [2.75, 3.05) is 6.61 Å². The molecule has 0 N–H and O–H groups in total. The largest absolute Gasteiger partial charge is 0.490 e. The van der Waals surface area contributed by atoms with Gasteiger partial charge in [-0.05, 0) is 12.8 Å². The Labute approximate surface area is 98.8 Å². The summed E-state index contributed by atoms with van der Waals surface area (Å²) in [5.74, 6) is 0.906. The van der Waals surface area contributed by atoms with Gasteiger partial charge in [-0.15, -0.1) is 0 Å². The van der Waals surface area contributed by atoms with Gasteiger partial charge < -0.3 is 4.74 Å². The van der Waals surface area contributed by atoms with Crippen LogP contribution in [0.4, 0.5) is 0 Å². The molecule has 0 aromatic carbocycles. The number of hydrogen-bond donors (Lipinski definition) is 0. The van der Waals surface area contributed by atoms with Crippen molar-refractivity contribution >= 4 is 0 Å². The maximum atomic E-state index is 5.63. The Morgan fingerprint density at radius 2 is 1.94 bits per heavy atom. The molecule has 0 aliphatic carbocycles. The molecule has 0 saturated heterocycles. The highest BCUT2D eigenvalue weighted by molar-refractivity contribution is 5.11. The van der Waals surface area contributed by atoms with Gasteiger partial charge in [0.1, 0.15) is 0 Å². The fraction of sp³-hybridized carbons (Fsp3) is 0.769. The zero-order chi connectivity index (χ0) is 11.6. The predicted octanol–water partition coefficient (Wildman–Crippen LogP) is 3.64. The molecule has 3 heteroatoms. The van der Waals surface area contributed by atoms with Crippen LogP contribution in [0.3, 0.4) is 0 Å². The molecule has 0 saturated carbocycles. The van der Waals surface area contributed by atoms with E-state index in [0.29, 0.717) is 0 Å². The smallest absolute Gasteiger partial charge is 0.157 e. The first-order valence-electron chi connectivity index (χ1n) is 6.52. The minimum Gasteiger partial charge on any atom is -0.490 e. The molecule has 0 fully saturated rings. The molecule has 0 amide bonds. The van der Waals surface area contributed by atoms with Gasteiger partial charge in [-0.2, -0.15) is 5.10 Å². The Morgan fingerprint density at radius 1 is 1.12 bits per heavy atom. The lowest BCUT2D eigenvalue weighted by Gasteiger charge is -2.02. The summed E-state index contributed by atoms with van der Waals surface area (Å²) in [6.45, 7) is 6.18. The first-order valence-corrected chi connectivity index (χ1v) is 6.52. The molecule has 1 aromatic heterocycles. The summed E-state index contributed by atoms with van der Waals surface area (Å²) in [5, 5.41) is 4.23. The van der Waals surface area contributed by atoms with Crippen LogP contribution in [-0.4, -0.2) is 16.4 Å². The van der Waals surface area contributed by atoms with Crippen LogP contribution in [0.1, 0.15) is 52.4 Å². The molecule has 0 aliphatic rings. The van der Waals surface area contributed by atoms with Gasteiger partial charge in [0.05, 0.1) is 19.0 Å². The lowest BCUT2D eigenvalue weighted by Crippen LogP contribution is -1.97. The van der Waals surface area contributed by atoms with E-state index in [1.807, 2.05) is 17.1 Å². The Morgan fingerprint density at radius 3 is 2.69 bits per heavy atom. The van der Waals surface area contributed by atoms with E-state index in [-0.39, 0.29) is 0 Å². The van der Waals surface area contributed by atoms with Crippen LogP contribution in [0, 0.1) is 0 Å². The van der Waals surface area contributed by atoms with E-state index in [0.717, 1.165) is 31.7 Å². The Hall–Kier alpha value is -0.990. The first kappa shape index (κ1) is 13.1. The molecule has 0 bridgehead atoms. The van der Waals surface area contributed by atoms with Crippen molar-refractivity contribution in [2.24, 2.45) is 0 Å². The fourth-order valence-corrected chi connectivity index (χ4v) is 1.67. The quantitative estimate of drug-likeness (QED) is 0.599. The second kappa shape index (κ2) is 8.20. The van der Waals surface area contributed by atoms with Crippen molar-refractivity contribution in [2.45, 2.75) is 58.9 Å². The average Bonchev–Trinajstić information content (AvgIpc) is 2.72. The summed E-state index contributed by atoms with van der Waals surface area (Å²) in [5.41, 5.74) is 0. The fourth-order valence-electron chi connectivity index (χ4n) is 1.67. The van der Waals surface area contributed by atoms with Gasteiger partial charge in [-0.25, -0.2) is 0 Å². The van der Waals surface area contributed by atoms with Crippen LogP contribution in [-0.2, 0) is 6.54 Å². The molecule has 1 aromatic rings. The average molecular weight is 224 g/mol. The van der Waals surface area contributed by atoms with Gasteiger partial charge in [0.25, 0.3) is 0 Å². The summed E-state index contributed by atoms with van der Waals surface area (Å²) < 4.78 is 7.57. The van der Waals surface area contributed by atoms with Crippen molar-refractivity contribution in [3.8, 4) is 5.75 Å². The summed E-state index contributed by atoms with van der Waals surface area (Å²) in [4.78, 5) is 0. The molecular weight excluding hydrogens is 200 g/mol. The highest BCUT2D eigenvalue weighted by Crippen LogP contribution is 2.10. The maximum Gasteiger partial charge on any atom is 0.157 e. The summed E-state index contributed by atoms with van der Waals surface area (Å²) in [7, 11) is 0. The van der Waals surface area contributed by atoms with Crippen molar-refractivity contribution in [3.63, 3.8) is 0 Å². The Bertz CT molecular complexity index is 271. The van der Waals surface area contributed by atoms with Crippen molar-refractivity contribution in [3.05, 3.63) is 12.4 Å². The number of hydrogen-bond acceptors (Lipinski definition) is 2. The molecule has 1 heterocycles. The molecule has 0 aliphatic heterocycles. The van der Waals surface area contributed by atoms with Crippen LogP contribution in [0.5, 0.6) is 5.75 Å². The van der Waals surface area contributed by atoms with Crippen LogP contribution >= 0.6 is 0 Å². The van der Waals surface area contributed by atoms with E-state index in [4.69, 9.17) is 4.74 Å². The number of nitrogens with zero attached hydrogens (tertiary/aromatic N) is 2. The van der Waals surface area contributed by atoms with E-state index >= 15 is 0 Å². The molecule has 1 rings (SSSR count). The molecule has 16 heavy (non-hydrogen) atoms. The van der Waals surface area contributed by atoms with Gasteiger partial charge in [-0.3, -0.25) is 4.68 Å². The van der Waals surface area contributed by atoms with E-state index in [9.17, 15) is 0 Å². The second-order valence-electron chi connectivity index (χ2n) is 4.20. The van der Waals surface area contributed by atoms with Gasteiger partial charge in [0.15, 0.2) is 5.75 Å². The molecule has 0 atom stereocenters. The highest BCUT2D eigenvalue weighted by Gasteiger charge is 1.98. The third-order valence-electron chi connectivity index (χ3n) is 2.58. The Kier molecular flexibility index (Phi) is 6.70. The molecular formula is C13H24N2O. The lowest BCUT2D eigenvalue weighted by molar-refractivity contribution is 0.304. The van der Waals surface area contributed by atoms with E-state index in [2.05, 4.69) is 18.9 Å². The van der Waals surface area contributed by atoms with Gasteiger partial charge in [0.2, 0.25) is 0 Å². The van der Waals surface area contributed by atoms with E-state index in [1.165, 1.54) is 25.7 Å². The van der Waals surface area contributed by atoms with Crippen LogP contribution < -0.4 is 4.74 Å². The second-order valence-corrected chi connectivity index (χ2v) is 4.20. The minimum atomic E-state index is 0.821. The first-order chi connectivity index (χ1) is 7.86. The van der Waals surface area contributed by atoms with Crippen molar-refractivity contribution in [1.82, 2.24) is 9.78 Å². The standard InChI is InChI=1S/C13H24N2O/c1-3-5-6-7-8-10-16-13-11-14-15(12-13)9-4-2/h11-12H,3-10H2,1-2H3. The number of aromatic nitrogens is 2. The third-order valence-corrected chi connectivity index (χ3v) is 2.58. The zero-order valence-electron chi connectivity index (χ0n) is 10.6. The Balaban J connectivity index is 2.07. The third kappa shape index (κ3) is 5.19. The van der Waals surface area contributed by atoms with E-state index < -0.39 is 0 Å². The van der Waals surface area contributed by atoms with Crippen molar-refractivity contribution < 1.29 is 4.74 Å². The zero-order valence-corrected chi connectivity index (χ0v) is 10.6. The van der Waals surface area contributed by atoms with Crippen LogP contribution in [0.2, 0.25) is 0 Å². The highest BCUT2D eigenvalue weighted by atomic mass is 16.5. The number of unbranched alkanes of at least 4 members (excludes halogenated alkanes) is 4. The number of rotatable bonds is 9. The predicted molar refractivity (Wildman–Crippen MR) is 66.8 cm³/mol. The van der Waals surface area contributed by atoms with Gasteiger partial charge in [0, 0.05) is 6.54 Å². The molecule has 0 unspecified atom stereocenters.